The number of amides is 2. The van der Waals surface area contributed by atoms with E-state index in [1.807, 2.05) is 0 Å². The molecule has 0 aliphatic carbocycles. The van der Waals surface area contributed by atoms with Gasteiger partial charge in [0.2, 0.25) is 5.91 Å². The van der Waals surface area contributed by atoms with Crippen molar-refractivity contribution in [2.75, 3.05) is 0 Å². The summed E-state index contributed by atoms with van der Waals surface area (Å²) in [5.41, 5.74) is -5.30. The largest absolute Gasteiger partial charge is 0.435 e. The third-order valence-electron chi connectivity index (χ3n) is 6.53. The number of rotatable bonds is 6. The smallest absolute Gasteiger partial charge is 0.374 e. The van der Waals surface area contributed by atoms with E-state index in [1.165, 1.54) is 19.1 Å². The molecule has 6 nitrogen and oxygen atoms in total. The molecule has 0 saturated carbocycles. The summed E-state index contributed by atoms with van der Waals surface area (Å²) in [6, 6.07) is 9.74. The Bertz CT molecular complexity index is 1540. The standard InChI is InChI=1S/C28H24ClF6N3O3/c1-14(2)36-24(39)15(3)37-25(40)22-9-8-21(19-6-4-5-7-20(19)22)23-13-26(41-38-23,28(33,34)35)16-10-17(27(30,31)32)12-18(29)11-16/h4-12,14-15H,13H2,1-3H3,(H,36,39)(H,37,40). The molecule has 4 rings (SSSR count). The molecule has 1 aliphatic rings. The molecule has 0 bridgehead atoms. The number of halogens is 7. The number of carbonyl (C=O) groups is 2. The van der Waals surface area contributed by atoms with Gasteiger partial charge in [-0.25, -0.2) is 0 Å². The maximum Gasteiger partial charge on any atom is 0.435 e. The molecule has 3 aromatic rings. The van der Waals surface area contributed by atoms with Gasteiger partial charge in [-0.05, 0) is 55.8 Å². The Kier molecular flexibility index (Phi) is 8.01. The summed E-state index contributed by atoms with van der Waals surface area (Å²) >= 11 is 5.78. The third-order valence-corrected chi connectivity index (χ3v) is 6.75. The molecule has 3 aromatic carbocycles. The van der Waals surface area contributed by atoms with E-state index < -0.39 is 58.4 Å². The van der Waals surface area contributed by atoms with Crippen LogP contribution in [-0.4, -0.2) is 35.8 Å². The van der Waals surface area contributed by atoms with Crippen LogP contribution in [0.2, 0.25) is 5.02 Å². The van der Waals surface area contributed by atoms with Crippen LogP contribution in [0.4, 0.5) is 26.3 Å². The molecule has 2 N–H and O–H groups in total. The van der Waals surface area contributed by atoms with Crippen molar-refractivity contribution in [3.8, 4) is 0 Å². The number of nitrogens with one attached hydrogen (secondary N) is 2. The van der Waals surface area contributed by atoms with Gasteiger partial charge in [0.1, 0.15) is 6.04 Å². The number of hydrogen-bond donors (Lipinski definition) is 2. The lowest BCUT2D eigenvalue weighted by Gasteiger charge is -2.30. The van der Waals surface area contributed by atoms with E-state index >= 15 is 0 Å². The van der Waals surface area contributed by atoms with E-state index in [9.17, 15) is 35.9 Å². The zero-order valence-electron chi connectivity index (χ0n) is 21.9. The molecule has 0 spiro atoms. The van der Waals surface area contributed by atoms with Crippen LogP contribution in [0.5, 0.6) is 0 Å². The summed E-state index contributed by atoms with van der Waals surface area (Å²) in [6.07, 6.45) is -11.1. The maximum atomic E-state index is 14.5. The predicted molar refractivity (Wildman–Crippen MR) is 141 cm³/mol. The van der Waals surface area contributed by atoms with Gasteiger partial charge in [0.15, 0.2) is 0 Å². The quantitative estimate of drug-likeness (QED) is 0.308. The number of fused-ring (bicyclic) bond motifs is 1. The number of nitrogens with zero attached hydrogens (tertiary/aromatic N) is 1. The number of carbonyl (C=O) groups excluding carboxylic acids is 2. The Morgan fingerprint density at radius 3 is 2.22 bits per heavy atom. The Morgan fingerprint density at radius 2 is 1.61 bits per heavy atom. The molecular weight excluding hydrogens is 576 g/mol. The highest BCUT2D eigenvalue weighted by Gasteiger charge is 2.62. The fourth-order valence-electron chi connectivity index (χ4n) is 4.53. The van der Waals surface area contributed by atoms with E-state index in [0.29, 0.717) is 22.9 Å². The number of alkyl halides is 6. The SMILES string of the molecule is CC(C)NC(=O)C(C)NC(=O)c1ccc(C2=NOC(c3cc(Cl)cc(C(F)(F)F)c3)(C(F)(F)F)C2)c2ccccc12. The minimum absolute atomic E-state index is 0.146. The topological polar surface area (TPSA) is 79.8 Å². The molecule has 0 aromatic heterocycles. The minimum atomic E-state index is -5.17. The molecule has 2 amide bonds. The predicted octanol–water partition coefficient (Wildman–Crippen LogP) is 6.74. The van der Waals surface area contributed by atoms with E-state index in [2.05, 4.69) is 15.8 Å². The average molecular weight is 600 g/mol. The van der Waals surface area contributed by atoms with Crippen molar-refractivity contribution in [2.24, 2.45) is 5.16 Å². The average Bonchev–Trinajstić information content (AvgIpc) is 3.33. The van der Waals surface area contributed by atoms with Gasteiger partial charge in [0, 0.05) is 34.2 Å². The van der Waals surface area contributed by atoms with Crippen molar-refractivity contribution in [1.29, 1.82) is 0 Å². The number of oxime groups is 1. The molecule has 1 heterocycles. The van der Waals surface area contributed by atoms with E-state index in [-0.39, 0.29) is 22.9 Å². The fourth-order valence-corrected chi connectivity index (χ4v) is 4.77. The van der Waals surface area contributed by atoms with E-state index in [1.54, 1.807) is 38.1 Å². The Hall–Kier alpha value is -3.80. The third kappa shape index (κ3) is 5.97. The summed E-state index contributed by atoms with van der Waals surface area (Å²) in [7, 11) is 0. The van der Waals surface area contributed by atoms with Gasteiger partial charge in [-0.1, -0.05) is 47.1 Å². The van der Waals surface area contributed by atoms with Crippen LogP contribution in [0.3, 0.4) is 0 Å². The molecule has 41 heavy (non-hydrogen) atoms. The molecular formula is C28H24ClF6N3O3. The van der Waals surface area contributed by atoms with Crippen LogP contribution in [0.15, 0.2) is 59.8 Å². The first-order valence-electron chi connectivity index (χ1n) is 12.4. The van der Waals surface area contributed by atoms with E-state index in [4.69, 9.17) is 16.4 Å². The molecule has 13 heteroatoms. The van der Waals surface area contributed by atoms with Crippen LogP contribution >= 0.6 is 11.6 Å². The summed E-state index contributed by atoms with van der Waals surface area (Å²) in [6.45, 7) is 5.04. The Labute approximate surface area is 235 Å². The van der Waals surface area contributed by atoms with Gasteiger partial charge in [-0.3, -0.25) is 9.59 Å². The maximum absolute atomic E-state index is 14.5. The van der Waals surface area contributed by atoms with Gasteiger partial charge in [-0.2, -0.15) is 26.3 Å². The summed E-state index contributed by atoms with van der Waals surface area (Å²) in [4.78, 5) is 30.2. The monoisotopic (exact) mass is 599 g/mol. The first-order chi connectivity index (χ1) is 19.0. The van der Waals surface area contributed by atoms with Crippen LogP contribution < -0.4 is 10.6 Å². The molecule has 0 radical (unpaired) electrons. The lowest BCUT2D eigenvalue weighted by Crippen LogP contribution is -2.46. The van der Waals surface area contributed by atoms with Crippen molar-refractivity contribution in [1.82, 2.24) is 10.6 Å². The normalized spacial score (nSPS) is 18.2. The van der Waals surface area contributed by atoms with Crippen molar-refractivity contribution < 1.29 is 40.8 Å². The zero-order chi connectivity index (χ0) is 30.3. The van der Waals surface area contributed by atoms with Crippen molar-refractivity contribution in [2.45, 2.75) is 57.2 Å². The van der Waals surface area contributed by atoms with Gasteiger partial charge < -0.3 is 15.5 Å². The zero-order valence-corrected chi connectivity index (χ0v) is 22.6. The molecule has 2 unspecified atom stereocenters. The van der Waals surface area contributed by atoms with Crippen LogP contribution in [-0.2, 0) is 21.4 Å². The second-order valence-corrected chi connectivity index (χ2v) is 10.4. The second-order valence-electron chi connectivity index (χ2n) is 9.92. The van der Waals surface area contributed by atoms with Crippen molar-refractivity contribution in [3.63, 3.8) is 0 Å². The molecule has 1 aliphatic heterocycles. The van der Waals surface area contributed by atoms with Crippen LogP contribution in [0.25, 0.3) is 10.8 Å². The second kappa shape index (κ2) is 10.9. The lowest BCUT2D eigenvalue weighted by atomic mass is 9.84. The summed E-state index contributed by atoms with van der Waals surface area (Å²) < 4.78 is 83.6. The highest BCUT2D eigenvalue weighted by Crippen LogP contribution is 2.50. The number of benzene rings is 3. The summed E-state index contributed by atoms with van der Waals surface area (Å²) in [5.74, 6) is -0.989. The van der Waals surface area contributed by atoms with Crippen molar-refractivity contribution in [3.05, 3.63) is 81.9 Å². The Balaban J connectivity index is 1.72. The fraction of sp³-hybridized carbons (Fsp3) is 0.321. The highest BCUT2D eigenvalue weighted by atomic mass is 35.5. The van der Waals surface area contributed by atoms with Gasteiger partial charge in [-0.15, -0.1) is 0 Å². The molecule has 2 atom stereocenters. The summed E-state index contributed by atoms with van der Waals surface area (Å²) in [5, 5.41) is 9.11. The molecule has 218 valence electrons. The molecule has 0 saturated heterocycles. The van der Waals surface area contributed by atoms with Gasteiger partial charge >= 0.3 is 12.4 Å². The van der Waals surface area contributed by atoms with Gasteiger partial charge in [0.25, 0.3) is 11.5 Å². The lowest BCUT2D eigenvalue weighted by molar-refractivity contribution is -0.276. The van der Waals surface area contributed by atoms with Gasteiger partial charge in [0.05, 0.1) is 11.3 Å². The highest BCUT2D eigenvalue weighted by molar-refractivity contribution is 6.30. The first-order valence-corrected chi connectivity index (χ1v) is 12.7. The van der Waals surface area contributed by atoms with Crippen LogP contribution in [0.1, 0.15) is 54.2 Å². The van der Waals surface area contributed by atoms with E-state index in [0.717, 1.165) is 6.07 Å². The molecule has 0 fully saturated rings. The van der Waals surface area contributed by atoms with Crippen LogP contribution in [0, 0.1) is 0 Å². The van der Waals surface area contributed by atoms with Crippen molar-refractivity contribution >= 4 is 39.9 Å². The Morgan fingerprint density at radius 1 is 0.951 bits per heavy atom. The number of hydrogen-bond acceptors (Lipinski definition) is 4. The first kappa shape index (κ1) is 30.2. The minimum Gasteiger partial charge on any atom is -0.374 e.